The van der Waals surface area contributed by atoms with Crippen LogP contribution in [0, 0.1) is 0 Å². The smallest absolute Gasteiger partial charge is 0.264 e. The first-order chi connectivity index (χ1) is 8.77. The van der Waals surface area contributed by atoms with Crippen LogP contribution in [-0.4, -0.2) is 12.3 Å². The maximum Gasteiger partial charge on any atom is 0.264 e. The molecule has 0 radical (unpaired) electrons. The number of nitrogens with zero attached hydrogens (tertiary/aromatic N) is 1. The average Bonchev–Trinajstić information content (AvgIpc) is 2.40. The van der Waals surface area contributed by atoms with Crippen LogP contribution in [0.4, 0.5) is 8.78 Å². The van der Waals surface area contributed by atoms with Crippen LogP contribution < -0.4 is 0 Å². The Balaban J connectivity index is 1.95. The van der Waals surface area contributed by atoms with Crippen LogP contribution >= 0.6 is 0 Å². The highest BCUT2D eigenvalue weighted by Gasteiger charge is 2.14. The summed E-state index contributed by atoms with van der Waals surface area (Å²) < 4.78 is 25.4. The molecule has 2 nitrogen and oxygen atoms in total. The van der Waals surface area contributed by atoms with E-state index in [0.717, 1.165) is 25.7 Å². The number of oxime groups is 1. The van der Waals surface area contributed by atoms with Crippen molar-refractivity contribution >= 4 is 6.21 Å². The van der Waals surface area contributed by atoms with Crippen LogP contribution in [0.1, 0.15) is 49.7 Å². The number of rotatable bonds is 4. The fraction of sp³-hybridized carbons (Fsp3) is 0.500. The van der Waals surface area contributed by atoms with E-state index in [4.69, 9.17) is 4.84 Å². The van der Waals surface area contributed by atoms with E-state index in [1.54, 1.807) is 18.2 Å². The first kappa shape index (κ1) is 13.0. The summed E-state index contributed by atoms with van der Waals surface area (Å²) in [5.41, 5.74) is 0.414. The van der Waals surface area contributed by atoms with Crippen molar-refractivity contribution in [3.8, 4) is 0 Å². The second kappa shape index (κ2) is 6.47. The molecule has 1 fully saturated rings. The van der Waals surface area contributed by atoms with Crippen LogP contribution in [0.2, 0.25) is 0 Å². The number of hydrogen-bond donors (Lipinski definition) is 0. The molecule has 0 N–H and O–H groups in total. The van der Waals surface area contributed by atoms with E-state index in [1.807, 2.05) is 0 Å². The minimum Gasteiger partial charge on any atom is -0.393 e. The monoisotopic (exact) mass is 253 g/mol. The van der Waals surface area contributed by atoms with Gasteiger partial charge in [0.05, 0.1) is 6.21 Å². The first-order valence-electron chi connectivity index (χ1n) is 6.33. The van der Waals surface area contributed by atoms with E-state index in [9.17, 15) is 8.78 Å². The lowest BCUT2D eigenvalue weighted by Gasteiger charge is -2.19. The average molecular weight is 253 g/mol. The zero-order valence-electron chi connectivity index (χ0n) is 10.2. The molecule has 0 spiro atoms. The molecular formula is C14H17F2NO. The molecule has 0 aromatic heterocycles. The predicted molar refractivity (Wildman–Crippen MR) is 67.0 cm³/mol. The van der Waals surface area contributed by atoms with Gasteiger partial charge in [0.1, 0.15) is 6.10 Å². The molecule has 0 saturated heterocycles. The lowest BCUT2D eigenvalue weighted by Crippen LogP contribution is -2.13. The maximum atomic E-state index is 12.7. The van der Waals surface area contributed by atoms with E-state index in [-0.39, 0.29) is 11.7 Å². The highest BCUT2D eigenvalue weighted by atomic mass is 19.3. The predicted octanol–water partition coefficient (Wildman–Crippen LogP) is 4.31. The highest BCUT2D eigenvalue weighted by molar-refractivity contribution is 5.81. The molecule has 0 unspecified atom stereocenters. The molecule has 4 heteroatoms. The van der Waals surface area contributed by atoms with Crippen molar-refractivity contribution in [2.24, 2.45) is 5.16 Å². The summed E-state index contributed by atoms with van der Waals surface area (Å²) in [6.45, 7) is 0. The number of hydrogen-bond acceptors (Lipinski definition) is 2. The summed E-state index contributed by atoms with van der Waals surface area (Å²) in [7, 11) is 0. The van der Waals surface area contributed by atoms with E-state index in [2.05, 4.69) is 5.16 Å². The topological polar surface area (TPSA) is 21.6 Å². The summed E-state index contributed by atoms with van der Waals surface area (Å²) in [6.07, 6.45) is 4.63. The van der Waals surface area contributed by atoms with Gasteiger partial charge in [0, 0.05) is 11.1 Å². The van der Waals surface area contributed by atoms with Gasteiger partial charge < -0.3 is 4.84 Å². The van der Waals surface area contributed by atoms with E-state index in [0.29, 0.717) is 5.56 Å². The second-order valence-corrected chi connectivity index (χ2v) is 4.53. The van der Waals surface area contributed by atoms with Crippen LogP contribution in [-0.2, 0) is 4.84 Å². The van der Waals surface area contributed by atoms with Crippen molar-refractivity contribution < 1.29 is 13.6 Å². The Morgan fingerprint density at radius 2 is 1.89 bits per heavy atom. The zero-order valence-corrected chi connectivity index (χ0v) is 10.2. The van der Waals surface area contributed by atoms with Crippen molar-refractivity contribution in [3.05, 3.63) is 35.4 Å². The zero-order chi connectivity index (χ0) is 12.8. The fourth-order valence-corrected chi connectivity index (χ4v) is 2.17. The Bertz CT molecular complexity index is 401. The van der Waals surface area contributed by atoms with Crippen LogP contribution in [0.15, 0.2) is 29.4 Å². The molecule has 2 rings (SSSR count). The highest BCUT2D eigenvalue weighted by Crippen LogP contribution is 2.22. The van der Waals surface area contributed by atoms with Crippen LogP contribution in [0.5, 0.6) is 0 Å². The molecule has 0 amide bonds. The largest absolute Gasteiger partial charge is 0.393 e. The standard InChI is InChI=1S/C14H17F2NO/c15-14(16)13-9-5-4-6-11(13)10-17-18-12-7-2-1-3-8-12/h4-6,9-10,12,14H,1-3,7-8H2. The molecule has 98 valence electrons. The normalized spacial score (nSPS) is 17.5. The van der Waals surface area contributed by atoms with Gasteiger partial charge >= 0.3 is 0 Å². The molecule has 0 atom stereocenters. The maximum absolute atomic E-state index is 12.7. The Morgan fingerprint density at radius 1 is 1.17 bits per heavy atom. The molecule has 1 aliphatic carbocycles. The third-order valence-electron chi connectivity index (χ3n) is 3.19. The van der Waals surface area contributed by atoms with Crippen molar-refractivity contribution in [3.63, 3.8) is 0 Å². The van der Waals surface area contributed by atoms with Crippen molar-refractivity contribution in [1.29, 1.82) is 0 Å². The minimum atomic E-state index is -2.48. The van der Waals surface area contributed by atoms with Crippen molar-refractivity contribution in [1.82, 2.24) is 0 Å². The van der Waals surface area contributed by atoms with Gasteiger partial charge in [0.15, 0.2) is 0 Å². The Kier molecular flexibility index (Phi) is 4.67. The first-order valence-corrected chi connectivity index (χ1v) is 6.33. The van der Waals surface area contributed by atoms with Gasteiger partial charge in [-0.3, -0.25) is 0 Å². The van der Waals surface area contributed by atoms with Gasteiger partial charge in [-0.2, -0.15) is 0 Å². The van der Waals surface area contributed by atoms with Crippen LogP contribution in [0.25, 0.3) is 0 Å². The van der Waals surface area contributed by atoms with Gasteiger partial charge in [0.25, 0.3) is 6.43 Å². The lowest BCUT2D eigenvalue weighted by atomic mass is 9.98. The summed E-state index contributed by atoms with van der Waals surface area (Å²) in [5.74, 6) is 0. The molecule has 18 heavy (non-hydrogen) atoms. The van der Waals surface area contributed by atoms with Crippen molar-refractivity contribution in [2.45, 2.75) is 44.6 Å². The fourth-order valence-electron chi connectivity index (χ4n) is 2.17. The molecule has 1 aromatic carbocycles. The van der Waals surface area contributed by atoms with Gasteiger partial charge in [-0.05, 0) is 25.7 Å². The third kappa shape index (κ3) is 3.52. The third-order valence-corrected chi connectivity index (χ3v) is 3.19. The number of halogens is 2. The summed E-state index contributed by atoms with van der Waals surface area (Å²) in [4.78, 5) is 5.35. The molecule has 0 aliphatic heterocycles. The van der Waals surface area contributed by atoms with Gasteiger partial charge in [-0.15, -0.1) is 0 Å². The summed E-state index contributed by atoms with van der Waals surface area (Å²) in [6, 6.07) is 6.34. The number of alkyl halides is 2. The number of benzene rings is 1. The Hall–Kier alpha value is -1.45. The molecule has 1 aromatic rings. The second-order valence-electron chi connectivity index (χ2n) is 4.53. The Morgan fingerprint density at radius 3 is 2.61 bits per heavy atom. The minimum absolute atomic E-state index is 0.00602. The SMILES string of the molecule is FC(F)c1ccccc1C=NOC1CCCCC1. The summed E-state index contributed by atoms with van der Waals surface area (Å²) >= 11 is 0. The van der Waals surface area contributed by atoms with Gasteiger partial charge in [-0.25, -0.2) is 8.78 Å². The molecule has 1 aliphatic rings. The van der Waals surface area contributed by atoms with Crippen LogP contribution in [0.3, 0.4) is 0 Å². The quantitative estimate of drug-likeness (QED) is 0.579. The van der Waals surface area contributed by atoms with Crippen molar-refractivity contribution in [2.75, 3.05) is 0 Å². The molecular weight excluding hydrogens is 236 g/mol. The van der Waals surface area contributed by atoms with E-state index >= 15 is 0 Å². The van der Waals surface area contributed by atoms with Gasteiger partial charge in [-0.1, -0.05) is 35.8 Å². The molecule has 0 heterocycles. The van der Waals surface area contributed by atoms with E-state index < -0.39 is 6.43 Å². The van der Waals surface area contributed by atoms with Gasteiger partial charge in [0.2, 0.25) is 0 Å². The molecule has 1 saturated carbocycles. The summed E-state index contributed by atoms with van der Waals surface area (Å²) in [5, 5.41) is 3.85. The Labute approximate surface area is 106 Å². The van der Waals surface area contributed by atoms with E-state index in [1.165, 1.54) is 18.7 Å². The molecule has 0 bridgehead atoms. The lowest BCUT2D eigenvalue weighted by molar-refractivity contribution is 0.0340.